The fourth-order valence-electron chi connectivity index (χ4n) is 15.3. The van der Waals surface area contributed by atoms with Crippen molar-refractivity contribution in [3.05, 3.63) is 35.9 Å². The van der Waals surface area contributed by atoms with Crippen molar-refractivity contribution >= 4 is 29.7 Å². The van der Waals surface area contributed by atoms with E-state index in [1.54, 1.807) is 45.6 Å². The molecule has 18 nitrogen and oxygen atoms in total. The van der Waals surface area contributed by atoms with E-state index in [1.807, 2.05) is 47.6 Å². The highest BCUT2D eigenvalue weighted by atomic mass is 16.7. The number of ether oxygens (including phenoxy) is 13. The second-order valence-electron chi connectivity index (χ2n) is 23.8. The normalized spacial score (nSPS) is 43.2. The Hall–Kier alpha value is -3.59. The summed E-state index contributed by atoms with van der Waals surface area (Å²) in [5, 5.41) is 0. The van der Waals surface area contributed by atoms with Gasteiger partial charge in [0, 0.05) is 72.2 Å². The Bertz CT molecular complexity index is 2190. The van der Waals surface area contributed by atoms with Crippen molar-refractivity contribution in [2.24, 2.45) is 40.4 Å². The zero-order valence-electron chi connectivity index (χ0n) is 47.1. The molecule has 0 amide bonds. The van der Waals surface area contributed by atoms with Crippen molar-refractivity contribution in [1.82, 2.24) is 0 Å². The van der Waals surface area contributed by atoms with E-state index in [2.05, 4.69) is 6.92 Å². The van der Waals surface area contributed by atoms with Gasteiger partial charge in [0.15, 0.2) is 42.8 Å². The standard InChI is InChI=1S/C58H86O18/c1-30(2)25-45(62)73-54-53(71-36(8)61)49(31(3)59)57(10)24-22-40-41(58(54,57)76-55(63)37-17-15-14-16-18-37)20-19-38-26-39(21-23-56(38,40)9)72-46-27-43(65-12)51(33(5)67-46)75-48-29-44(66-13)52(34(6)69-48)74-47-28-42(64-11)50(32(4)68-47)70-35(7)60/h14-18,30,32-34,38-44,46-54H,19-29H2,1-13H3/t32-,33-,34-,38+,39+,40+,41-,42-,43+,44+,46+,47+,48+,49-,50-,51-,52-,53+,54-,56+,57-,58-/m1/s1. The van der Waals surface area contributed by atoms with Gasteiger partial charge < -0.3 is 61.6 Å². The first-order valence-electron chi connectivity index (χ1n) is 27.9. The van der Waals surface area contributed by atoms with Crippen molar-refractivity contribution in [2.75, 3.05) is 21.3 Å². The number of fused-ring (bicyclic) bond motifs is 5. The average molecular weight is 1070 g/mol. The molecule has 0 spiro atoms. The highest BCUT2D eigenvalue weighted by molar-refractivity contribution is 5.90. The van der Waals surface area contributed by atoms with Gasteiger partial charge in [0.25, 0.3) is 0 Å². The van der Waals surface area contributed by atoms with Gasteiger partial charge in [-0.2, -0.15) is 0 Å². The molecule has 0 aromatic heterocycles. The van der Waals surface area contributed by atoms with Crippen LogP contribution in [0.5, 0.6) is 0 Å². The molecule has 4 aliphatic carbocycles. The number of hydrogen-bond acceptors (Lipinski definition) is 18. The van der Waals surface area contributed by atoms with Crippen LogP contribution in [0.2, 0.25) is 0 Å². The molecule has 7 fully saturated rings. The lowest BCUT2D eigenvalue weighted by Gasteiger charge is -2.64. The molecule has 0 unspecified atom stereocenters. The van der Waals surface area contributed by atoms with Gasteiger partial charge in [-0.05, 0) is 108 Å². The van der Waals surface area contributed by atoms with E-state index in [1.165, 1.54) is 20.8 Å². The maximum atomic E-state index is 14.6. The molecule has 7 aliphatic rings. The van der Waals surface area contributed by atoms with Gasteiger partial charge in [0.2, 0.25) is 0 Å². The summed E-state index contributed by atoms with van der Waals surface area (Å²) in [5.74, 6) is -3.29. The predicted molar refractivity (Wildman–Crippen MR) is 272 cm³/mol. The van der Waals surface area contributed by atoms with Gasteiger partial charge >= 0.3 is 23.9 Å². The first-order valence-corrected chi connectivity index (χ1v) is 27.9. The van der Waals surface area contributed by atoms with Gasteiger partial charge in [-0.3, -0.25) is 19.2 Å². The summed E-state index contributed by atoms with van der Waals surface area (Å²) >= 11 is 0. The summed E-state index contributed by atoms with van der Waals surface area (Å²) in [6.07, 6.45) is -2.00. The number of rotatable bonds is 17. The SMILES string of the molecule is CO[C@H]1C[C@H](O[C@H]2CC[C@@]3(C)[C@@H](CC[C@@H]4[C@@H]3CC[C@]3(C)[C@H](C(C)=O)[C@H](OC(C)=O)[C@@H](OC(=O)CC(C)C)[C@]43OC(=O)c3ccccc3)C2)O[C@H](C)[C@H]1O[C@H]1C[C@H](OC)[C@H](O[C@H]2C[C@@H](OC)[C@H](OC(C)=O)[C@@H](C)O2)[C@@H](C)O1. The van der Waals surface area contributed by atoms with Crippen LogP contribution in [-0.2, 0) is 80.8 Å². The first-order chi connectivity index (χ1) is 36.1. The molecule has 8 rings (SSSR count). The van der Waals surface area contributed by atoms with Crippen molar-refractivity contribution in [1.29, 1.82) is 0 Å². The minimum Gasteiger partial charge on any atom is -0.458 e. The molecule has 76 heavy (non-hydrogen) atoms. The Kier molecular flexibility index (Phi) is 18.5. The van der Waals surface area contributed by atoms with Gasteiger partial charge in [0.05, 0.1) is 48.1 Å². The average Bonchev–Trinajstić information content (AvgIpc) is 3.55. The summed E-state index contributed by atoms with van der Waals surface area (Å²) in [6.45, 7) is 18.0. The Morgan fingerprint density at radius 3 is 1.67 bits per heavy atom. The monoisotopic (exact) mass is 1070 g/mol. The van der Waals surface area contributed by atoms with E-state index in [0.717, 1.165) is 32.1 Å². The molecule has 0 bridgehead atoms. The Balaban J connectivity index is 0.947. The van der Waals surface area contributed by atoms with Crippen molar-refractivity contribution < 1.29 is 85.6 Å². The third-order valence-electron chi connectivity index (χ3n) is 18.7. The molecule has 0 radical (unpaired) electrons. The third kappa shape index (κ3) is 11.5. The topological polar surface area (TPSA) is 205 Å². The Labute approximate surface area is 449 Å². The minimum absolute atomic E-state index is 0.0126. The van der Waals surface area contributed by atoms with Crippen LogP contribution in [0.4, 0.5) is 0 Å². The quantitative estimate of drug-likeness (QED) is 0.0827. The lowest BCUT2D eigenvalue weighted by Crippen LogP contribution is -2.68. The molecule has 3 aliphatic heterocycles. The van der Waals surface area contributed by atoms with E-state index in [9.17, 15) is 24.0 Å². The number of ketones is 1. The van der Waals surface area contributed by atoms with E-state index in [4.69, 9.17) is 61.6 Å². The van der Waals surface area contributed by atoms with Crippen molar-refractivity contribution in [3.8, 4) is 0 Å². The zero-order valence-corrected chi connectivity index (χ0v) is 47.1. The molecule has 18 heteroatoms. The molecule has 3 saturated heterocycles. The lowest BCUT2D eigenvalue weighted by molar-refractivity contribution is -0.339. The fourth-order valence-corrected chi connectivity index (χ4v) is 15.3. The van der Waals surface area contributed by atoms with Crippen molar-refractivity contribution in [3.63, 3.8) is 0 Å². The number of Topliss-reactive ketones (excluding diaryl/α,β-unsaturated/α-hetero) is 1. The van der Waals surface area contributed by atoms with E-state index < -0.39 is 121 Å². The number of benzene rings is 1. The summed E-state index contributed by atoms with van der Waals surface area (Å²) in [5.41, 5.74) is -2.42. The molecular formula is C58H86O18. The van der Waals surface area contributed by atoms with Crippen LogP contribution in [0.15, 0.2) is 30.3 Å². The van der Waals surface area contributed by atoms with Crippen LogP contribution in [0.25, 0.3) is 0 Å². The van der Waals surface area contributed by atoms with Gasteiger partial charge in [-0.1, -0.05) is 45.9 Å². The number of methoxy groups -OCH3 is 3. The number of esters is 4. The lowest BCUT2D eigenvalue weighted by atomic mass is 9.43. The Morgan fingerprint density at radius 1 is 0.618 bits per heavy atom. The van der Waals surface area contributed by atoms with Gasteiger partial charge in [0.1, 0.15) is 24.1 Å². The van der Waals surface area contributed by atoms with Gasteiger partial charge in [-0.25, -0.2) is 4.79 Å². The summed E-state index contributed by atoms with van der Waals surface area (Å²) < 4.78 is 82.2. The molecular weight excluding hydrogens is 985 g/mol. The van der Waals surface area contributed by atoms with Crippen LogP contribution < -0.4 is 0 Å². The summed E-state index contributed by atoms with van der Waals surface area (Å²) in [6, 6.07) is 8.76. The number of hydrogen-bond donors (Lipinski definition) is 0. The van der Waals surface area contributed by atoms with E-state index in [-0.39, 0.29) is 53.5 Å². The maximum Gasteiger partial charge on any atom is 0.338 e. The van der Waals surface area contributed by atoms with E-state index >= 15 is 0 Å². The smallest absolute Gasteiger partial charge is 0.338 e. The van der Waals surface area contributed by atoms with Gasteiger partial charge in [-0.15, -0.1) is 0 Å². The van der Waals surface area contributed by atoms with Crippen LogP contribution in [0.3, 0.4) is 0 Å². The largest absolute Gasteiger partial charge is 0.458 e. The maximum absolute atomic E-state index is 14.6. The molecule has 3 heterocycles. The van der Waals surface area contributed by atoms with Crippen LogP contribution >= 0.6 is 0 Å². The highest BCUT2D eigenvalue weighted by Gasteiger charge is 2.79. The predicted octanol–water partition coefficient (Wildman–Crippen LogP) is 7.86. The number of carbonyl (C=O) groups excluding carboxylic acids is 5. The molecule has 1 aromatic rings. The summed E-state index contributed by atoms with van der Waals surface area (Å²) in [7, 11) is 4.88. The molecule has 4 saturated carbocycles. The molecule has 0 N–H and O–H groups in total. The van der Waals surface area contributed by atoms with Crippen LogP contribution in [0, 0.1) is 40.4 Å². The Morgan fingerprint density at radius 2 is 1.14 bits per heavy atom. The second-order valence-corrected chi connectivity index (χ2v) is 23.8. The first kappa shape index (κ1) is 58.6. The highest BCUT2D eigenvalue weighted by Crippen LogP contribution is 2.71. The van der Waals surface area contributed by atoms with Crippen LogP contribution in [-0.4, -0.2) is 149 Å². The summed E-state index contributed by atoms with van der Waals surface area (Å²) in [4.78, 5) is 67.3. The third-order valence-corrected chi connectivity index (χ3v) is 18.7. The minimum atomic E-state index is -1.50. The van der Waals surface area contributed by atoms with Crippen LogP contribution in [0.1, 0.15) is 150 Å². The molecule has 1 aromatic carbocycles. The number of carbonyl (C=O) groups is 5. The molecule has 22 atom stereocenters. The fraction of sp³-hybridized carbons (Fsp3) is 0.810. The second kappa shape index (κ2) is 24.0. The zero-order chi connectivity index (χ0) is 55.0. The molecule has 426 valence electrons. The van der Waals surface area contributed by atoms with E-state index in [0.29, 0.717) is 37.7 Å². The van der Waals surface area contributed by atoms with Crippen molar-refractivity contribution in [2.45, 2.75) is 238 Å².